The van der Waals surface area contributed by atoms with Crippen LogP contribution in [0.1, 0.15) is 11.1 Å². The van der Waals surface area contributed by atoms with Gasteiger partial charge in [-0.25, -0.2) is 4.79 Å². The molecule has 0 unspecified atom stereocenters. The van der Waals surface area contributed by atoms with Crippen molar-refractivity contribution in [2.75, 3.05) is 6.26 Å². The number of hydrogen-bond donors (Lipinski definition) is 1. The number of nitrogens with one attached hydrogen (secondary N) is 1. The molecule has 1 N–H and O–H groups in total. The van der Waals surface area contributed by atoms with E-state index in [1.807, 2.05) is 30.3 Å². The summed E-state index contributed by atoms with van der Waals surface area (Å²) >= 11 is 1.30. The molecule has 19 heavy (non-hydrogen) atoms. The Kier molecular flexibility index (Phi) is 4.11. The molecule has 0 aliphatic rings. The number of aromatic nitrogens is 2. The van der Waals surface area contributed by atoms with Crippen molar-refractivity contribution in [1.82, 2.24) is 9.71 Å². The summed E-state index contributed by atoms with van der Waals surface area (Å²) in [5.41, 5.74) is 0.482. The van der Waals surface area contributed by atoms with E-state index in [0.717, 1.165) is 10.3 Å². The number of H-pyrrole nitrogens is 1. The highest BCUT2D eigenvalue weighted by molar-refractivity contribution is 7.98. The van der Waals surface area contributed by atoms with E-state index in [1.54, 1.807) is 13.2 Å². The van der Waals surface area contributed by atoms with Crippen molar-refractivity contribution in [3.8, 4) is 0 Å². The predicted molar refractivity (Wildman–Crippen MR) is 74.6 cm³/mol. The zero-order chi connectivity index (χ0) is 13.8. The molecule has 2 rings (SSSR count). The summed E-state index contributed by atoms with van der Waals surface area (Å²) in [5, 5.41) is 0.518. The molecule has 6 heteroatoms. The highest BCUT2D eigenvalue weighted by Crippen LogP contribution is 2.13. The van der Waals surface area contributed by atoms with E-state index in [9.17, 15) is 9.59 Å². The fourth-order valence-electron chi connectivity index (χ4n) is 1.65. The van der Waals surface area contributed by atoms with E-state index >= 15 is 0 Å². The second kappa shape index (κ2) is 5.79. The number of aromatic amines is 1. The van der Waals surface area contributed by atoms with Crippen LogP contribution in [-0.4, -0.2) is 16.0 Å². The minimum absolute atomic E-state index is 0.264. The van der Waals surface area contributed by atoms with E-state index in [1.165, 1.54) is 11.8 Å². The summed E-state index contributed by atoms with van der Waals surface area (Å²) in [6, 6.07) is 9.52. The molecule has 1 aromatic carbocycles. The van der Waals surface area contributed by atoms with Gasteiger partial charge < -0.3 is 4.84 Å². The zero-order valence-corrected chi connectivity index (χ0v) is 11.5. The minimum atomic E-state index is -0.559. The lowest BCUT2D eigenvalue weighted by atomic mass is 10.2. The fourth-order valence-corrected chi connectivity index (χ4v) is 2.35. The third kappa shape index (κ3) is 2.90. The average molecular weight is 278 g/mol. The third-order valence-corrected chi connectivity index (χ3v) is 3.51. The van der Waals surface area contributed by atoms with Crippen LogP contribution in [0.3, 0.4) is 0 Å². The SMILES string of the molecule is CSc1c(C)c(=O)[nH]c(=O)n1OCc1ccccc1. The lowest BCUT2D eigenvalue weighted by Crippen LogP contribution is -2.36. The molecule has 0 fully saturated rings. The van der Waals surface area contributed by atoms with Crippen LogP contribution in [0.15, 0.2) is 44.9 Å². The van der Waals surface area contributed by atoms with Gasteiger partial charge in [0.15, 0.2) is 0 Å². The van der Waals surface area contributed by atoms with E-state index in [2.05, 4.69) is 4.98 Å². The van der Waals surface area contributed by atoms with Crippen LogP contribution in [-0.2, 0) is 6.61 Å². The van der Waals surface area contributed by atoms with E-state index in [0.29, 0.717) is 10.6 Å². The minimum Gasteiger partial charge on any atom is -0.404 e. The van der Waals surface area contributed by atoms with Gasteiger partial charge in [-0.3, -0.25) is 9.78 Å². The summed E-state index contributed by atoms with van der Waals surface area (Å²) in [6.07, 6.45) is 1.80. The lowest BCUT2D eigenvalue weighted by molar-refractivity contribution is 0.0667. The van der Waals surface area contributed by atoms with Crippen LogP contribution in [0.5, 0.6) is 0 Å². The second-order valence-corrected chi connectivity index (χ2v) is 4.74. The van der Waals surface area contributed by atoms with Gasteiger partial charge >= 0.3 is 5.69 Å². The van der Waals surface area contributed by atoms with Crippen molar-refractivity contribution in [2.45, 2.75) is 18.6 Å². The van der Waals surface area contributed by atoms with Gasteiger partial charge in [0, 0.05) is 5.56 Å². The zero-order valence-electron chi connectivity index (χ0n) is 10.7. The van der Waals surface area contributed by atoms with Crippen molar-refractivity contribution in [1.29, 1.82) is 0 Å². The molecule has 0 atom stereocenters. The maximum absolute atomic E-state index is 11.8. The Hall–Kier alpha value is -1.95. The van der Waals surface area contributed by atoms with E-state index < -0.39 is 5.69 Å². The van der Waals surface area contributed by atoms with Gasteiger partial charge in [-0.05, 0) is 18.7 Å². The molecule has 0 saturated heterocycles. The van der Waals surface area contributed by atoms with Crippen molar-refractivity contribution >= 4 is 11.8 Å². The molecule has 0 amide bonds. The molecule has 0 aliphatic heterocycles. The highest BCUT2D eigenvalue weighted by atomic mass is 32.2. The number of hydrogen-bond acceptors (Lipinski definition) is 4. The molecular weight excluding hydrogens is 264 g/mol. The lowest BCUT2D eigenvalue weighted by Gasteiger charge is -2.13. The van der Waals surface area contributed by atoms with Gasteiger partial charge in [-0.1, -0.05) is 30.3 Å². The van der Waals surface area contributed by atoms with Crippen LogP contribution in [0.25, 0.3) is 0 Å². The Morgan fingerprint density at radius 3 is 2.58 bits per heavy atom. The molecule has 100 valence electrons. The van der Waals surface area contributed by atoms with Crippen LogP contribution in [0.2, 0.25) is 0 Å². The Balaban J connectivity index is 2.33. The standard InChI is InChI=1S/C13H14N2O3S/c1-9-11(16)14-13(17)15(12(9)19-2)18-8-10-6-4-3-5-7-10/h3-7H,8H2,1-2H3,(H,14,16,17). The summed E-state index contributed by atoms with van der Waals surface area (Å²) in [5.74, 6) is 0. The quantitative estimate of drug-likeness (QED) is 0.674. The first-order chi connectivity index (χ1) is 9.13. The summed E-state index contributed by atoms with van der Waals surface area (Å²) in [7, 11) is 0. The van der Waals surface area contributed by atoms with Crippen molar-refractivity contribution < 1.29 is 4.84 Å². The van der Waals surface area contributed by atoms with E-state index in [-0.39, 0.29) is 12.2 Å². The summed E-state index contributed by atoms with van der Waals surface area (Å²) in [6.45, 7) is 1.92. The largest absolute Gasteiger partial charge is 0.404 e. The molecule has 2 aromatic rings. The monoisotopic (exact) mass is 278 g/mol. The molecule has 0 spiro atoms. The average Bonchev–Trinajstić information content (AvgIpc) is 2.42. The molecule has 1 aromatic heterocycles. The summed E-state index contributed by atoms with van der Waals surface area (Å²) < 4.78 is 1.13. The van der Waals surface area contributed by atoms with Gasteiger partial charge in [-0.15, -0.1) is 16.5 Å². The molecular formula is C13H14N2O3S. The number of nitrogens with zero attached hydrogens (tertiary/aromatic N) is 1. The van der Waals surface area contributed by atoms with Crippen LogP contribution >= 0.6 is 11.8 Å². The first kappa shape index (κ1) is 13.5. The molecule has 0 bridgehead atoms. The number of thioether (sulfide) groups is 1. The Labute approximate surface area is 114 Å². The van der Waals surface area contributed by atoms with Gasteiger partial charge in [0.2, 0.25) is 0 Å². The van der Waals surface area contributed by atoms with Gasteiger partial charge in [-0.2, -0.15) is 0 Å². The van der Waals surface area contributed by atoms with Crippen molar-refractivity contribution in [3.05, 3.63) is 62.3 Å². The number of benzene rings is 1. The van der Waals surface area contributed by atoms with E-state index in [4.69, 9.17) is 4.84 Å². The van der Waals surface area contributed by atoms with Crippen LogP contribution in [0.4, 0.5) is 0 Å². The maximum Gasteiger partial charge on any atom is 0.362 e. The van der Waals surface area contributed by atoms with Gasteiger partial charge in [0.1, 0.15) is 11.6 Å². The molecule has 0 radical (unpaired) electrons. The third-order valence-electron chi connectivity index (χ3n) is 2.65. The Bertz CT molecular complexity index is 677. The van der Waals surface area contributed by atoms with Gasteiger partial charge in [0.05, 0.1) is 0 Å². The van der Waals surface area contributed by atoms with Gasteiger partial charge in [0.25, 0.3) is 5.56 Å². The van der Waals surface area contributed by atoms with Crippen molar-refractivity contribution in [2.24, 2.45) is 0 Å². The smallest absolute Gasteiger partial charge is 0.362 e. The van der Waals surface area contributed by atoms with Crippen LogP contribution in [0, 0.1) is 6.92 Å². The topological polar surface area (TPSA) is 64.1 Å². The molecule has 0 aliphatic carbocycles. The first-order valence-electron chi connectivity index (χ1n) is 5.70. The normalized spacial score (nSPS) is 10.4. The molecule has 0 saturated carbocycles. The Morgan fingerprint density at radius 2 is 1.95 bits per heavy atom. The highest BCUT2D eigenvalue weighted by Gasteiger charge is 2.11. The molecule has 5 nitrogen and oxygen atoms in total. The maximum atomic E-state index is 11.8. The molecule has 1 heterocycles. The predicted octanol–water partition coefficient (Wildman–Crippen LogP) is 1.20. The van der Waals surface area contributed by atoms with Crippen LogP contribution < -0.4 is 16.1 Å². The summed E-state index contributed by atoms with van der Waals surface area (Å²) in [4.78, 5) is 31.0. The number of rotatable bonds is 4. The second-order valence-electron chi connectivity index (χ2n) is 3.95. The van der Waals surface area contributed by atoms with Crippen molar-refractivity contribution in [3.63, 3.8) is 0 Å². The Morgan fingerprint density at radius 1 is 1.26 bits per heavy atom. The first-order valence-corrected chi connectivity index (χ1v) is 6.93. The fraction of sp³-hybridized carbons (Fsp3) is 0.231.